The van der Waals surface area contributed by atoms with Gasteiger partial charge in [-0.15, -0.1) is 0 Å². The number of aryl methyl sites for hydroxylation is 1. The van der Waals surface area contributed by atoms with E-state index in [2.05, 4.69) is 15.4 Å². The number of anilines is 1. The standard InChI is InChI=1S/C10H18N4O/c1-6-8(14-11)12-7(2)13-9(6)15-10(3,4)5/h11H2,1-5H3,(H,12,13,14). The first-order chi connectivity index (χ1) is 6.83. The van der Waals surface area contributed by atoms with Crippen LogP contribution < -0.4 is 16.0 Å². The van der Waals surface area contributed by atoms with E-state index in [-0.39, 0.29) is 5.60 Å². The number of nitrogens with two attached hydrogens (primary N) is 1. The molecule has 0 saturated carbocycles. The predicted molar refractivity (Wildman–Crippen MR) is 59.7 cm³/mol. The third kappa shape index (κ3) is 3.06. The Bertz CT molecular complexity index is 357. The van der Waals surface area contributed by atoms with Crippen LogP contribution in [0.2, 0.25) is 0 Å². The molecule has 0 aliphatic carbocycles. The molecule has 1 rings (SSSR count). The van der Waals surface area contributed by atoms with Crippen molar-refractivity contribution in [1.82, 2.24) is 9.97 Å². The zero-order chi connectivity index (χ0) is 11.6. The summed E-state index contributed by atoms with van der Waals surface area (Å²) in [6.45, 7) is 9.59. The van der Waals surface area contributed by atoms with Gasteiger partial charge in [-0.05, 0) is 34.6 Å². The molecule has 0 fully saturated rings. The van der Waals surface area contributed by atoms with E-state index in [1.54, 1.807) is 6.92 Å². The van der Waals surface area contributed by atoms with Crippen LogP contribution in [-0.4, -0.2) is 15.6 Å². The third-order valence-electron chi connectivity index (χ3n) is 1.75. The lowest BCUT2D eigenvalue weighted by Gasteiger charge is -2.22. The minimum absolute atomic E-state index is 0.280. The van der Waals surface area contributed by atoms with Gasteiger partial charge in [0.1, 0.15) is 17.2 Å². The molecule has 0 amide bonds. The normalized spacial score (nSPS) is 11.3. The highest BCUT2D eigenvalue weighted by atomic mass is 16.5. The molecule has 0 unspecified atom stereocenters. The molecule has 0 atom stereocenters. The van der Waals surface area contributed by atoms with Gasteiger partial charge in [0, 0.05) is 0 Å². The first-order valence-electron chi connectivity index (χ1n) is 4.84. The van der Waals surface area contributed by atoms with Crippen LogP contribution in [0.25, 0.3) is 0 Å². The van der Waals surface area contributed by atoms with E-state index in [1.807, 2.05) is 27.7 Å². The number of aromatic nitrogens is 2. The van der Waals surface area contributed by atoms with Gasteiger partial charge in [0.2, 0.25) is 5.88 Å². The van der Waals surface area contributed by atoms with E-state index in [0.717, 1.165) is 5.56 Å². The van der Waals surface area contributed by atoms with Crippen molar-refractivity contribution in [2.24, 2.45) is 5.84 Å². The molecule has 5 nitrogen and oxygen atoms in total. The number of rotatable bonds is 2. The van der Waals surface area contributed by atoms with Crippen LogP contribution in [-0.2, 0) is 0 Å². The van der Waals surface area contributed by atoms with Crippen LogP contribution in [0.3, 0.4) is 0 Å². The maximum Gasteiger partial charge on any atom is 0.222 e. The number of nitrogens with one attached hydrogen (secondary N) is 1. The summed E-state index contributed by atoms with van der Waals surface area (Å²) in [5.41, 5.74) is 3.07. The van der Waals surface area contributed by atoms with Gasteiger partial charge in [-0.25, -0.2) is 10.8 Å². The largest absolute Gasteiger partial charge is 0.472 e. The molecule has 0 aromatic carbocycles. The molecule has 1 heterocycles. The van der Waals surface area contributed by atoms with Gasteiger partial charge in [0.05, 0.1) is 5.56 Å². The van der Waals surface area contributed by atoms with Crippen molar-refractivity contribution in [1.29, 1.82) is 0 Å². The Morgan fingerprint density at radius 1 is 1.20 bits per heavy atom. The van der Waals surface area contributed by atoms with E-state index in [9.17, 15) is 0 Å². The number of hydrazine groups is 1. The van der Waals surface area contributed by atoms with Crippen LogP contribution in [0.5, 0.6) is 5.88 Å². The zero-order valence-electron chi connectivity index (χ0n) is 9.88. The van der Waals surface area contributed by atoms with Crippen molar-refractivity contribution in [3.8, 4) is 5.88 Å². The summed E-state index contributed by atoms with van der Waals surface area (Å²) in [7, 11) is 0. The van der Waals surface area contributed by atoms with E-state index < -0.39 is 0 Å². The average Bonchev–Trinajstić information content (AvgIpc) is 2.08. The molecule has 1 aromatic heterocycles. The second-order valence-corrected chi connectivity index (χ2v) is 4.41. The summed E-state index contributed by atoms with van der Waals surface area (Å²) in [6.07, 6.45) is 0. The molecule has 15 heavy (non-hydrogen) atoms. The van der Waals surface area contributed by atoms with Gasteiger partial charge in [0.25, 0.3) is 0 Å². The smallest absolute Gasteiger partial charge is 0.222 e. The number of hydrogen-bond donors (Lipinski definition) is 2. The topological polar surface area (TPSA) is 73.1 Å². The number of hydrogen-bond acceptors (Lipinski definition) is 5. The Hall–Kier alpha value is -1.36. The van der Waals surface area contributed by atoms with Crippen LogP contribution in [0, 0.1) is 13.8 Å². The molecule has 0 saturated heterocycles. The Balaban J connectivity index is 3.12. The lowest BCUT2D eigenvalue weighted by atomic mass is 10.2. The van der Waals surface area contributed by atoms with Crippen molar-refractivity contribution in [3.05, 3.63) is 11.4 Å². The molecule has 84 valence electrons. The Kier molecular flexibility index (Phi) is 3.14. The van der Waals surface area contributed by atoms with Crippen LogP contribution in [0.4, 0.5) is 5.82 Å². The minimum Gasteiger partial charge on any atom is -0.472 e. The lowest BCUT2D eigenvalue weighted by Crippen LogP contribution is -2.25. The van der Waals surface area contributed by atoms with Crippen molar-refractivity contribution in [3.63, 3.8) is 0 Å². The van der Waals surface area contributed by atoms with Gasteiger partial charge >= 0.3 is 0 Å². The Morgan fingerprint density at radius 2 is 1.80 bits per heavy atom. The Morgan fingerprint density at radius 3 is 2.27 bits per heavy atom. The second-order valence-electron chi connectivity index (χ2n) is 4.41. The minimum atomic E-state index is -0.280. The van der Waals surface area contributed by atoms with Gasteiger partial charge in [-0.3, -0.25) is 0 Å². The van der Waals surface area contributed by atoms with Crippen molar-refractivity contribution in [2.45, 2.75) is 40.2 Å². The molecule has 0 aliphatic rings. The fourth-order valence-corrected chi connectivity index (χ4v) is 1.13. The van der Waals surface area contributed by atoms with E-state index >= 15 is 0 Å². The summed E-state index contributed by atoms with van der Waals surface area (Å²) in [5.74, 6) is 7.16. The molecule has 0 radical (unpaired) electrons. The molecule has 5 heteroatoms. The van der Waals surface area contributed by atoms with Crippen LogP contribution in [0.1, 0.15) is 32.2 Å². The fourth-order valence-electron chi connectivity index (χ4n) is 1.13. The predicted octanol–water partition coefficient (Wildman–Crippen LogP) is 1.56. The van der Waals surface area contributed by atoms with Gasteiger partial charge in [-0.2, -0.15) is 4.98 Å². The zero-order valence-corrected chi connectivity index (χ0v) is 9.88. The van der Waals surface area contributed by atoms with Crippen molar-refractivity contribution >= 4 is 5.82 Å². The molecular weight excluding hydrogens is 192 g/mol. The number of ether oxygens (including phenoxy) is 1. The molecule has 0 aliphatic heterocycles. The van der Waals surface area contributed by atoms with E-state index in [4.69, 9.17) is 10.6 Å². The number of nitrogens with zero attached hydrogens (tertiary/aromatic N) is 2. The SMILES string of the molecule is Cc1nc(NN)c(C)c(OC(C)(C)C)n1. The first kappa shape index (κ1) is 11.7. The monoisotopic (exact) mass is 210 g/mol. The highest BCUT2D eigenvalue weighted by Crippen LogP contribution is 2.24. The van der Waals surface area contributed by atoms with Gasteiger partial charge in [0.15, 0.2) is 0 Å². The van der Waals surface area contributed by atoms with Crippen LogP contribution in [0.15, 0.2) is 0 Å². The first-order valence-corrected chi connectivity index (χ1v) is 4.84. The maximum atomic E-state index is 5.71. The maximum absolute atomic E-state index is 5.71. The van der Waals surface area contributed by atoms with Gasteiger partial charge < -0.3 is 10.2 Å². The average molecular weight is 210 g/mol. The summed E-state index contributed by atoms with van der Waals surface area (Å²) in [6, 6.07) is 0. The summed E-state index contributed by atoms with van der Waals surface area (Å²) < 4.78 is 5.71. The Labute approximate surface area is 90.0 Å². The molecule has 1 aromatic rings. The van der Waals surface area contributed by atoms with Crippen LogP contribution >= 0.6 is 0 Å². The summed E-state index contributed by atoms with van der Waals surface area (Å²) in [5, 5.41) is 0. The fraction of sp³-hybridized carbons (Fsp3) is 0.600. The molecular formula is C10H18N4O. The lowest BCUT2D eigenvalue weighted by molar-refractivity contribution is 0.122. The van der Waals surface area contributed by atoms with Gasteiger partial charge in [-0.1, -0.05) is 0 Å². The summed E-state index contributed by atoms with van der Waals surface area (Å²) >= 11 is 0. The van der Waals surface area contributed by atoms with E-state index in [0.29, 0.717) is 17.5 Å². The molecule has 3 N–H and O–H groups in total. The second kappa shape index (κ2) is 4.02. The number of nitrogen functional groups attached to an aromatic ring is 1. The summed E-state index contributed by atoms with van der Waals surface area (Å²) in [4.78, 5) is 8.39. The quantitative estimate of drug-likeness (QED) is 0.572. The van der Waals surface area contributed by atoms with Crippen molar-refractivity contribution < 1.29 is 4.74 Å². The third-order valence-corrected chi connectivity index (χ3v) is 1.75. The molecule has 0 bridgehead atoms. The highest BCUT2D eigenvalue weighted by Gasteiger charge is 2.17. The van der Waals surface area contributed by atoms with Crippen molar-refractivity contribution in [2.75, 3.05) is 5.43 Å². The van der Waals surface area contributed by atoms with E-state index in [1.165, 1.54) is 0 Å². The molecule has 0 spiro atoms. The highest BCUT2D eigenvalue weighted by molar-refractivity contribution is 5.47.